The second-order valence-electron chi connectivity index (χ2n) is 6.38. The Balaban J connectivity index is 1.98. The molecule has 144 valence electrons. The van der Waals surface area contributed by atoms with Gasteiger partial charge in [0.05, 0.1) is 19.1 Å². The summed E-state index contributed by atoms with van der Waals surface area (Å²) in [6.45, 7) is 2.16. The summed E-state index contributed by atoms with van der Waals surface area (Å²) in [5, 5.41) is 10.4. The van der Waals surface area contributed by atoms with Gasteiger partial charge in [-0.2, -0.15) is 0 Å². The third-order valence-electron chi connectivity index (χ3n) is 4.55. The predicted molar refractivity (Wildman–Crippen MR) is 97.7 cm³/mol. The Bertz CT molecular complexity index is 826. The molecular weight excluding hydrogens is 350 g/mol. The first-order valence-electron chi connectivity index (χ1n) is 8.85. The van der Waals surface area contributed by atoms with E-state index in [1.165, 1.54) is 13.2 Å². The lowest BCUT2D eigenvalue weighted by Gasteiger charge is -2.28. The molecule has 1 N–H and O–H groups in total. The Labute approximate surface area is 157 Å². The number of methoxy groups -OCH3 is 1. The average Bonchev–Trinajstić information content (AvgIpc) is 2.70. The summed E-state index contributed by atoms with van der Waals surface area (Å²) in [6.07, 6.45) is 0.0803. The molecule has 1 atom stereocenters. The van der Waals surface area contributed by atoms with E-state index in [9.17, 15) is 14.7 Å². The quantitative estimate of drug-likeness (QED) is 0.832. The summed E-state index contributed by atoms with van der Waals surface area (Å²) in [5.41, 5.74) is 0.232. The lowest BCUT2D eigenvalue weighted by atomic mass is 9.91. The summed E-state index contributed by atoms with van der Waals surface area (Å²) in [7, 11) is 1.49. The molecule has 0 spiro atoms. The summed E-state index contributed by atoms with van der Waals surface area (Å²) < 4.78 is 16.1. The molecule has 1 aromatic carbocycles. The number of aromatic hydroxyl groups is 1. The Morgan fingerprint density at radius 2 is 1.96 bits per heavy atom. The smallest absolute Gasteiger partial charge is 0.227 e. The van der Waals surface area contributed by atoms with Crippen LogP contribution in [0, 0.1) is 0 Å². The van der Waals surface area contributed by atoms with Crippen LogP contribution in [0.5, 0.6) is 5.75 Å². The Kier molecular flexibility index (Phi) is 6.26. The first-order valence-corrected chi connectivity index (χ1v) is 8.85. The number of hydrogen-bond acceptors (Lipinski definition) is 6. The van der Waals surface area contributed by atoms with Crippen molar-refractivity contribution in [3.8, 4) is 5.75 Å². The maximum Gasteiger partial charge on any atom is 0.227 e. The summed E-state index contributed by atoms with van der Waals surface area (Å²) >= 11 is 0. The van der Waals surface area contributed by atoms with Crippen molar-refractivity contribution < 1.29 is 23.8 Å². The van der Waals surface area contributed by atoms with Crippen LogP contribution in [0.3, 0.4) is 0 Å². The van der Waals surface area contributed by atoms with E-state index in [1.54, 1.807) is 4.90 Å². The van der Waals surface area contributed by atoms with Crippen LogP contribution in [0.15, 0.2) is 45.6 Å². The molecule has 7 nitrogen and oxygen atoms in total. The Morgan fingerprint density at radius 1 is 1.26 bits per heavy atom. The van der Waals surface area contributed by atoms with Crippen LogP contribution in [0.25, 0.3) is 0 Å². The van der Waals surface area contributed by atoms with E-state index in [-0.39, 0.29) is 24.7 Å². The van der Waals surface area contributed by atoms with E-state index in [2.05, 4.69) is 0 Å². The van der Waals surface area contributed by atoms with Gasteiger partial charge in [0.25, 0.3) is 0 Å². The first-order chi connectivity index (χ1) is 13.1. The molecule has 1 unspecified atom stereocenters. The number of hydrogen-bond donors (Lipinski definition) is 1. The molecule has 0 radical (unpaired) electrons. The van der Waals surface area contributed by atoms with Crippen molar-refractivity contribution in [3.05, 3.63) is 63.7 Å². The van der Waals surface area contributed by atoms with Gasteiger partial charge in [-0.05, 0) is 5.56 Å². The Morgan fingerprint density at radius 3 is 2.63 bits per heavy atom. The van der Waals surface area contributed by atoms with Gasteiger partial charge in [-0.1, -0.05) is 30.3 Å². The number of amides is 1. The summed E-state index contributed by atoms with van der Waals surface area (Å²) in [4.78, 5) is 26.7. The van der Waals surface area contributed by atoms with E-state index >= 15 is 0 Å². The van der Waals surface area contributed by atoms with Crippen LogP contribution >= 0.6 is 0 Å². The molecule has 0 aliphatic carbocycles. The maximum atomic E-state index is 12.8. The van der Waals surface area contributed by atoms with Crippen molar-refractivity contribution in [2.75, 3.05) is 33.4 Å². The molecule has 1 fully saturated rings. The maximum absolute atomic E-state index is 12.8. The van der Waals surface area contributed by atoms with E-state index < -0.39 is 17.1 Å². The molecule has 1 aliphatic heterocycles. The van der Waals surface area contributed by atoms with Crippen LogP contribution in [-0.2, 0) is 20.9 Å². The van der Waals surface area contributed by atoms with Gasteiger partial charge >= 0.3 is 0 Å². The van der Waals surface area contributed by atoms with Gasteiger partial charge in [-0.3, -0.25) is 9.59 Å². The second-order valence-corrected chi connectivity index (χ2v) is 6.38. The molecule has 2 aromatic rings. The zero-order valence-electron chi connectivity index (χ0n) is 15.2. The molecule has 27 heavy (non-hydrogen) atoms. The highest BCUT2D eigenvalue weighted by atomic mass is 16.5. The van der Waals surface area contributed by atoms with Crippen LogP contribution in [0.1, 0.15) is 29.4 Å². The van der Waals surface area contributed by atoms with Crippen LogP contribution in [0.2, 0.25) is 0 Å². The van der Waals surface area contributed by atoms with E-state index in [4.69, 9.17) is 13.9 Å². The highest BCUT2D eigenvalue weighted by molar-refractivity contribution is 5.78. The zero-order chi connectivity index (χ0) is 19.2. The van der Waals surface area contributed by atoms with Crippen LogP contribution in [0.4, 0.5) is 0 Å². The van der Waals surface area contributed by atoms with Crippen molar-refractivity contribution in [2.24, 2.45) is 0 Å². The number of carbonyl (C=O) groups excluding carboxylic acids is 1. The first kappa shape index (κ1) is 19.1. The predicted octanol–water partition coefficient (Wildman–Crippen LogP) is 1.87. The Hall–Kier alpha value is -2.64. The molecule has 3 rings (SSSR count). The average molecular weight is 373 g/mol. The highest BCUT2D eigenvalue weighted by Gasteiger charge is 2.28. The zero-order valence-corrected chi connectivity index (χ0v) is 15.2. The van der Waals surface area contributed by atoms with Gasteiger partial charge in [0, 0.05) is 32.7 Å². The van der Waals surface area contributed by atoms with E-state index in [0.717, 1.165) is 5.56 Å². The second kappa shape index (κ2) is 8.83. The highest BCUT2D eigenvalue weighted by Crippen LogP contribution is 2.33. The van der Waals surface area contributed by atoms with Crippen LogP contribution < -0.4 is 5.43 Å². The van der Waals surface area contributed by atoms with Crippen molar-refractivity contribution in [1.82, 2.24) is 4.90 Å². The van der Waals surface area contributed by atoms with Gasteiger partial charge in [0.1, 0.15) is 12.4 Å². The number of morpholine rings is 1. The van der Waals surface area contributed by atoms with Crippen molar-refractivity contribution in [3.63, 3.8) is 0 Å². The van der Waals surface area contributed by atoms with E-state index in [1.807, 2.05) is 30.3 Å². The number of benzene rings is 1. The topological polar surface area (TPSA) is 89.2 Å². The fourth-order valence-electron chi connectivity index (χ4n) is 3.17. The minimum Gasteiger partial charge on any atom is -0.502 e. The third kappa shape index (κ3) is 4.56. The van der Waals surface area contributed by atoms with Crippen molar-refractivity contribution >= 4 is 5.91 Å². The number of nitrogens with zero attached hydrogens (tertiary/aromatic N) is 1. The molecule has 1 amide bonds. The van der Waals surface area contributed by atoms with Gasteiger partial charge < -0.3 is 23.9 Å². The van der Waals surface area contributed by atoms with Gasteiger partial charge in [-0.15, -0.1) is 0 Å². The lowest BCUT2D eigenvalue weighted by molar-refractivity contribution is -0.135. The normalized spacial score (nSPS) is 15.5. The molecule has 7 heteroatoms. The third-order valence-corrected chi connectivity index (χ3v) is 4.55. The van der Waals surface area contributed by atoms with Crippen molar-refractivity contribution in [1.29, 1.82) is 0 Å². The van der Waals surface area contributed by atoms with E-state index in [0.29, 0.717) is 32.1 Å². The fourth-order valence-corrected chi connectivity index (χ4v) is 3.17. The van der Waals surface area contributed by atoms with Gasteiger partial charge in [0.15, 0.2) is 5.76 Å². The number of rotatable bonds is 6. The number of carbonyl (C=O) groups is 1. The molecule has 1 saturated heterocycles. The minimum absolute atomic E-state index is 0.0775. The molecular formula is C20H23NO6. The molecule has 1 aliphatic rings. The summed E-state index contributed by atoms with van der Waals surface area (Å²) in [5.74, 6) is -0.742. The van der Waals surface area contributed by atoms with Gasteiger partial charge in [0.2, 0.25) is 17.1 Å². The number of ether oxygens (including phenoxy) is 2. The monoisotopic (exact) mass is 373 g/mol. The largest absolute Gasteiger partial charge is 0.502 e. The minimum atomic E-state index is -0.578. The molecule has 0 bridgehead atoms. The SMILES string of the molecule is COCc1cc(=O)c(O)c(C(CC(=O)N2CCOCC2)c2ccccc2)o1. The van der Waals surface area contributed by atoms with Crippen LogP contribution in [-0.4, -0.2) is 49.3 Å². The molecule has 0 saturated carbocycles. The molecule has 1 aromatic heterocycles. The van der Waals surface area contributed by atoms with Crippen molar-refractivity contribution in [2.45, 2.75) is 18.9 Å². The summed E-state index contributed by atoms with van der Waals surface area (Å²) in [6, 6.07) is 10.4. The van der Waals surface area contributed by atoms with Gasteiger partial charge in [-0.25, -0.2) is 0 Å². The fraction of sp³-hybridized carbons (Fsp3) is 0.400. The lowest BCUT2D eigenvalue weighted by Crippen LogP contribution is -2.41. The standard InChI is InChI=1S/C20H23NO6/c1-25-13-15-11-17(22)19(24)20(27-15)16(14-5-3-2-4-6-14)12-18(23)21-7-9-26-10-8-21/h2-6,11,16,24H,7-10,12-13H2,1H3. The molecule has 2 heterocycles.